The minimum atomic E-state index is -0.670. The number of hydrogen-bond donors (Lipinski definition) is 1. The van der Waals surface area contributed by atoms with Crippen molar-refractivity contribution in [3.63, 3.8) is 0 Å². The zero-order valence-corrected chi connectivity index (χ0v) is 16.0. The van der Waals surface area contributed by atoms with Gasteiger partial charge in [0.15, 0.2) is 6.10 Å². The quantitative estimate of drug-likeness (QED) is 0.558. The molecule has 0 aliphatic rings. The molecule has 25 heavy (non-hydrogen) atoms. The summed E-state index contributed by atoms with van der Waals surface area (Å²) in [6.45, 7) is 6.22. The number of carbonyl (C=O) groups excluding carboxylic acids is 1. The van der Waals surface area contributed by atoms with Crippen molar-refractivity contribution in [3.8, 4) is 11.5 Å². The molecule has 0 spiro atoms. The van der Waals surface area contributed by atoms with Gasteiger partial charge < -0.3 is 9.47 Å². The number of carbonyl (C=O) groups is 1. The van der Waals surface area contributed by atoms with Crippen LogP contribution in [0.2, 0.25) is 0 Å². The van der Waals surface area contributed by atoms with Gasteiger partial charge in [-0.15, -0.1) is 0 Å². The largest absolute Gasteiger partial charge is 0.494 e. The van der Waals surface area contributed by atoms with E-state index in [-0.39, 0.29) is 5.91 Å². The first kappa shape index (κ1) is 19.0. The van der Waals surface area contributed by atoms with Crippen molar-refractivity contribution in [1.29, 1.82) is 0 Å². The molecular formula is C19H21BrN2O3. The van der Waals surface area contributed by atoms with Crippen molar-refractivity contribution in [1.82, 2.24) is 5.43 Å². The van der Waals surface area contributed by atoms with Crippen LogP contribution in [0.1, 0.15) is 25.0 Å². The van der Waals surface area contributed by atoms with Gasteiger partial charge in [0.25, 0.3) is 5.91 Å². The minimum Gasteiger partial charge on any atom is -0.494 e. The van der Waals surface area contributed by atoms with Crippen LogP contribution in [0, 0.1) is 6.92 Å². The third kappa shape index (κ3) is 5.90. The average molecular weight is 405 g/mol. The molecule has 0 radical (unpaired) electrons. The lowest BCUT2D eigenvalue weighted by atomic mass is 10.2. The van der Waals surface area contributed by atoms with Crippen LogP contribution < -0.4 is 14.9 Å². The van der Waals surface area contributed by atoms with Crippen LogP contribution in [0.3, 0.4) is 0 Å². The second kappa shape index (κ2) is 9.22. The molecule has 0 saturated heterocycles. The summed E-state index contributed by atoms with van der Waals surface area (Å²) in [6, 6.07) is 13.1. The van der Waals surface area contributed by atoms with Crippen LogP contribution in [-0.2, 0) is 4.79 Å². The van der Waals surface area contributed by atoms with Crippen LogP contribution in [0.5, 0.6) is 11.5 Å². The molecule has 0 aliphatic heterocycles. The van der Waals surface area contributed by atoms with Gasteiger partial charge >= 0.3 is 0 Å². The Morgan fingerprint density at radius 3 is 2.64 bits per heavy atom. The highest BCUT2D eigenvalue weighted by molar-refractivity contribution is 9.10. The summed E-state index contributed by atoms with van der Waals surface area (Å²) in [5.41, 5.74) is 4.45. The Labute approximate surface area is 156 Å². The second-order valence-corrected chi connectivity index (χ2v) is 6.28. The van der Waals surface area contributed by atoms with Gasteiger partial charge in [0.2, 0.25) is 0 Å². The normalized spacial score (nSPS) is 12.0. The molecule has 0 saturated carbocycles. The zero-order chi connectivity index (χ0) is 18.2. The maximum Gasteiger partial charge on any atom is 0.280 e. The molecule has 132 valence electrons. The topological polar surface area (TPSA) is 59.9 Å². The molecule has 1 atom stereocenters. The Morgan fingerprint density at radius 1 is 1.28 bits per heavy atom. The SMILES string of the molecule is CCOc1ccc(C=NNC(=O)C(C)Oc2ccc(C)cc2Br)cc1. The van der Waals surface area contributed by atoms with E-state index < -0.39 is 6.10 Å². The summed E-state index contributed by atoms with van der Waals surface area (Å²) in [5.74, 6) is 1.09. The van der Waals surface area contributed by atoms with Gasteiger partial charge in [-0.05, 0) is 84.2 Å². The molecular weight excluding hydrogens is 384 g/mol. The van der Waals surface area contributed by atoms with E-state index in [4.69, 9.17) is 9.47 Å². The number of rotatable bonds is 7. The molecule has 0 aliphatic carbocycles. The fraction of sp³-hybridized carbons (Fsp3) is 0.263. The summed E-state index contributed by atoms with van der Waals surface area (Å²) < 4.78 is 11.8. The first-order chi connectivity index (χ1) is 12.0. The van der Waals surface area contributed by atoms with E-state index in [0.717, 1.165) is 21.3 Å². The third-order valence-electron chi connectivity index (χ3n) is 3.34. The molecule has 0 heterocycles. The fourth-order valence-electron chi connectivity index (χ4n) is 2.02. The monoisotopic (exact) mass is 404 g/mol. The average Bonchev–Trinajstić information content (AvgIpc) is 2.59. The Bertz CT molecular complexity index is 745. The summed E-state index contributed by atoms with van der Waals surface area (Å²) in [7, 11) is 0. The molecule has 1 unspecified atom stereocenters. The second-order valence-electron chi connectivity index (χ2n) is 5.43. The predicted octanol–water partition coefficient (Wildman–Crippen LogP) is 4.07. The molecule has 1 amide bonds. The van der Waals surface area contributed by atoms with Crippen molar-refractivity contribution < 1.29 is 14.3 Å². The minimum absolute atomic E-state index is 0.324. The Balaban J connectivity index is 1.88. The fourth-order valence-corrected chi connectivity index (χ4v) is 2.61. The lowest BCUT2D eigenvalue weighted by Gasteiger charge is -2.14. The van der Waals surface area contributed by atoms with Crippen molar-refractivity contribution in [3.05, 3.63) is 58.1 Å². The maximum atomic E-state index is 12.1. The van der Waals surface area contributed by atoms with Crippen molar-refractivity contribution >= 4 is 28.1 Å². The molecule has 0 bridgehead atoms. The van der Waals surface area contributed by atoms with Gasteiger partial charge in [0.05, 0.1) is 17.3 Å². The summed E-state index contributed by atoms with van der Waals surface area (Å²) in [4.78, 5) is 12.1. The van der Waals surface area contributed by atoms with Gasteiger partial charge in [-0.2, -0.15) is 5.10 Å². The van der Waals surface area contributed by atoms with Crippen LogP contribution in [0.15, 0.2) is 52.0 Å². The van der Waals surface area contributed by atoms with Crippen LogP contribution in [0.25, 0.3) is 0 Å². The molecule has 0 fully saturated rings. The van der Waals surface area contributed by atoms with E-state index in [9.17, 15) is 4.79 Å². The van der Waals surface area contributed by atoms with Crippen molar-refractivity contribution in [2.24, 2.45) is 5.10 Å². The summed E-state index contributed by atoms with van der Waals surface area (Å²) in [6.07, 6.45) is 0.902. The third-order valence-corrected chi connectivity index (χ3v) is 3.96. The number of hydrogen-bond acceptors (Lipinski definition) is 4. The van der Waals surface area contributed by atoms with Crippen molar-refractivity contribution in [2.45, 2.75) is 26.9 Å². The van der Waals surface area contributed by atoms with E-state index in [1.54, 1.807) is 13.1 Å². The number of benzene rings is 2. The highest BCUT2D eigenvalue weighted by atomic mass is 79.9. The lowest BCUT2D eigenvalue weighted by Crippen LogP contribution is -2.33. The number of amides is 1. The van der Waals surface area contributed by atoms with Gasteiger partial charge in [0, 0.05) is 0 Å². The molecule has 6 heteroatoms. The molecule has 2 aromatic carbocycles. The first-order valence-corrected chi connectivity index (χ1v) is 8.77. The number of nitrogens with zero attached hydrogens (tertiary/aromatic N) is 1. The molecule has 5 nitrogen and oxygen atoms in total. The molecule has 0 aromatic heterocycles. The molecule has 2 aromatic rings. The van der Waals surface area contributed by atoms with E-state index in [0.29, 0.717) is 12.4 Å². The Morgan fingerprint density at radius 2 is 2.00 bits per heavy atom. The van der Waals surface area contributed by atoms with E-state index in [2.05, 4.69) is 26.5 Å². The highest BCUT2D eigenvalue weighted by Gasteiger charge is 2.15. The smallest absolute Gasteiger partial charge is 0.280 e. The summed E-state index contributed by atoms with van der Waals surface area (Å²) in [5, 5.41) is 3.96. The maximum absolute atomic E-state index is 12.1. The van der Waals surface area contributed by atoms with Crippen LogP contribution in [0.4, 0.5) is 0 Å². The molecule has 2 rings (SSSR count). The lowest BCUT2D eigenvalue weighted by molar-refractivity contribution is -0.127. The highest BCUT2D eigenvalue weighted by Crippen LogP contribution is 2.26. The Hall–Kier alpha value is -2.34. The standard InChI is InChI=1S/C19H21BrN2O3/c1-4-24-16-8-6-15(7-9-16)12-21-22-19(23)14(3)25-18-10-5-13(2)11-17(18)20/h5-12,14H,4H2,1-3H3,(H,22,23). The van der Waals surface area contributed by atoms with E-state index in [1.165, 1.54) is 0 Å². The van der Waals surface area contributed by atoms with Crippen LogP contribution in [-0.4, -0.2) is 24.8 Å². The van der Waals surface area contributed by atoms with Gasteiger partial charge in [-0.3, -0.25) is 4.79 Å². The predicted molar refractivity (Wildman–Crippen MR) is 102 cm³/mol. The molecule has 1 N–H and O–H groups in total. The number of halogens is 1. The number of aryl methyl sites for hydroxylation is 1. The van der Waals surface area contributed by atoms with Gasteiger partial charge in [-0.25, -0.2) is 5.43 Å². The van der Waals surface area contributed by atoms with E-state index >= 15 is 0 Å². The van der Waals surface area contributed by atoms with Gasteiger partial charge in [0.1, 0.15) is 11.5 Å². The number of nitrogens with one attached hydrogen (secondary N) is 1. The van der Waals surface area contributed by atoms with Gasteiger partial charge in [-0.1, -0.05) is 6.07 Å². The van der Waals surface area contributed by atoms with E-state index in [1.807, 2.05) is 56.3 Å². The number of ether oxygens (including phenoxy) is 2. The Kier molecular flexibility index (Phi) is 7.01. The number of hydrazone groups is 1. The zero-order valence-electron chi connectivity index (χ0n) is 14.5. The summed E-state index contributed by atoms with van der Waals surface area (Å²) >= 11 is 3.43. The van der Waals surface area contributed by atoms with Crippen molar-refractivity contribution in [2.75, 3.05) is 6.61 Å². The van der Waals surface area contributed by atoms with Crippen LogP contribution >= 0.6 is 15.9 Å². The first-order valence-electron chi connectivity index (χ1n) is 7.98.